The molecule has 0 aromatic carbocycles. The minimum absolute atomic E-state index is 0.0244. The summed E-state index contributed by atoms with van der Waals surface area (Å²) in [6.45, 7) is 0.391. The first-order chi connectivity index (χ1) is 9.87. The first-order valence-electron chi connectivity index (χ1n) is 6.47. The van der Waals surface area contributed by atoms with Gasteiger partial charge in [-0.05, 0) is 6.42 Å². The molecule has 0 aliphatic carbocycles. The lowest BCUT2D eigenvalue weighted by Crippen LogP contribution is -2.37. The van der Waals surface area contributed by atoms with Gasteiger partial charge in [-0.15, -0.1) is 0 Å². The summed E-state index contributed by atoms with van der Waals surface area (Å²) in [7, 11) is 0.387. The fraction of sp³-hybridized carbons (Fsp3) is 0.833. The molecule has 0 radical (unpaired) electrons. The van der Waals surface area contributed by atoms with Gasteiger partial charge in [0.1, 0.15) is 0 Å². The molecule has 0 N–H and O–H groups in total. The summed E-state index contributed by atoms with van der Waals surface area (Å²) in [6, 6.07) is 0. The molecule has 0 amide bonds. The number of ether oxygens (including phenoxy) is 3. The van der Waals surface area contributed by atoms with Crippen LogP contribution in [0.3, 0.4) is 0 Å². The lowest BCUT2D eigenvalue weighted by molar-refractivity contribution is -0.141. The SMILES string of the molecule is COCCN(CCC(=O)OC)S(=O)(=O)CCCC(=O)OC. The topological polar surface area (TPSA) is 99.2 Å². The van der Waals surface area contributed by atoms with Crippen LogP contribution >= 0.6 is 0 Å². The van der Waals surface area contributed by atoms with E-state index in [2.05, 4.69) is 9.47 Å². The predicted molar refractivity (Wildman–Crippen MR) is 75.1 cm³/mol. The summed E-state index contributed by atoms with van der Waals surface area (Å²) in [5.74, 6) is -1.13. The average molecular weight is 325 g/mol. The normalized spacial score (nSPS) is 11.4. The van der Waals surface area contributed by atoms with Crippen LogP contribution in [0.4, 0.5) is 0 Å². The molecule has 0 aliphatic heterocycles. The van der Waals surface area contributed by atoms with Crippen LogP contribution in [0.2, 0.25) is 0 Å². The molecule has 0 saturated carbocycles. The van der Waals surface area contributed by atoms with Crippen LogP contribution in [0.1, 0.15) is 19.3 Å². The molecular weight excluding hydrogens is 302 g/mol. The molecule has 8 nitrogen and oxygen atoms in total. The van der Waals surface area contributed by atoms with Crippen molar-refractivity contribution in [1.82, 2.24) is 4.31 Å². The number of methoxy groups -OCH3 is 3. The second-order valence-corrected chi connectivity index (χ2v) is 6.30. The maximum Gasteiger partial charge on any atom is 0.306 e. The van der Waals surface area contributed by atoms with Gasteiger partial charge in [-0.2, -0.15) is 4.31 Å². The van der Waals surface area contributed by atoms with Crippen molar-refractivity contribution in [2.45, 2.75) is 19.3 Å². The van der Waals surface area contributed by atoms with Crippen molar-refractivity contribution in [3.63, 3.8) is 0 Å². The Labute approximate surface area is 125 Å². The van der Waals surface area contributed by atoms with Crippen LogP contribution in [-0.2, 0) is 33.8 Å². The Hall–Kier alpha value is -1.19. The van der Waals surface area contributed by atoms with E-state index < -0.39 is 22.0 Å². The zero-order valence-electron chi connectivity index (χ0n) is 12.7. The van der Waals surface area contributed by atoms with E-state index >= 15 is 0 Å². The van der Waals surface area contributed by atoms with Gasteiger partial charge in [0, 0.05) is 26.6 Å². The van der Waals surface area contributed by atoms with Crippen LogP contribution < -0.4 is 0 Å². The number of nitrogens with zero attached hydrogens (tertiary/aromatic N) is 1. The molecule has 0 aliphatic rings. The fourth-order valence-electron chi connectivity index (χ4n) is 1.53. The molecule has 9 heteroatoms. The highest BCUT2D eigenvalue weighted by Crippen LogP contribution is 2.07. The maximum atomic E-state index is 12.2. The highest BCUT2D eigenvalue weighted by Gasteiger charge is 2.22. The van der Waals surface area contributed by atoms with E-state index in [9.17, 15) is 18.0 Å². The third kappa shape index (κ3) is 8.64. The third-order valence-corrected chi connectivity index (χ3v) is 4.70. The van der Waals surface area contributed by atoms with Crippen molar-refractivity contribution < 1.29 is 32.2 Å². The Balaban J connectivity index is 4.54. The number of carbonyl (C=O) groups excluding carboxylic acids is 2. The number of hydrogen-bond donors (Lipinski definition) is 0. The maximum absolute atomic E-state index is 12.2. The number of carbonyl (C=O) groups is 2. The van der Waals surface area contributed by atoms with E-state index in [0.717, 1.165) is 0 Å². The van der Waals surface area contributed by atoms with E-state index in [0.29, 0.717) is 0 Å². The van der Waals surface area contributed by atoms with Gasteiger partial charge in [0.05, 0.1) is 33.0 Å². The number of rotatable bonds is 11. The zero-order chi connectivity index (χ0) is 16.3. The van der Waals surface area contributed by atoms with Gasteiger partial charge in [-0.25, -0.2) is 8.42 Å². The zero-order valence-corrected chi connectivity index (χ0v) is 13.5. The molecule has 0 rings (SSSR count). The summed E-state index contributed by atoms with van der Waals surface area (Å²) in [5.41, 5.74) is 0. The second kappa shape index (κ2) is 10.5. The smallest absolute Gasteiger partial charge is 0.306 e. The van der Waals surface area contributed by atoms with Crippen molar-refractivity contribution in [2.75, 3.05) is 46.8 Å². The molecule has 0 bridgehead atoms. The van der Waals surface area contributed by atoms with Gasteiger partial charge in [-0.1, -0.05) is 0 Å². The van der Waals surface area contributed by atoms with Crippen LogP contribution in [0, 0.1) is 0 Å². The molecule has 0 saturated heterocycles. The fourth-order valence-corrected chi connectivity index (χ4v) is 3.02. The van der Waals surface area contributed by atoms with Crippen LogP contribution in [0.5, 0.6) is 0 Å². The number of hydrogen-bond acceptors (Lipinski definition) is 7. The van der Waals surface area contributed by atoms with Gasteiger partial charge in [0.2, 0.25) is 10.0 Å². The summed E-state index contributed by atoms with van der Waals surface area (Å²) in [4.78, 5) is 22.1. The highest BCUT2D eigenvalue weighted by molar-refractivity contribution is 7.89. The number of esters is 2. The molecule has 21 heavy (non-hydrogen) atoms. The van der Waals surface area contributed by atoms with Gasteiger partial charge >= 0.3 is 11.9 Å². The van der Waals surface area contributed by atoms with Crippen molar-refractivity contribution in [3.8, 4) is 0 Å². The van der Waals surface area contributed by atoms with Gasteiger partial charge in [-0.3, -0.25) is 9.59 Å². The van der Waals surface area contributed by atoms with Gasteiger partial charge in [0.15, 0.2) is 0 Å². The molecule has 0 aromatic rings. The Bertz CT molecular complexity index is 421. The monoisotopic (exact) mass is 325 g/mol. The first-order valence-corrected chi connectivity index (χ1v) is 8.08. The summed E-state index contributed by atoms with van der Waals surface area (Å²) < 4.78 is 39.3. The molecule has 0 unspecified atom stereocenters. The third-order valence-electron chi connectivity index (χ3n) is 2.74. The standard InChI is InChI=1S/C12H23NO7S/c1-18-9-8-13(7-6-12(15)20-3)21(16,17)10-4-5-11(14)19-2/h4-10H2,1-3H3. The summed E-state index contributed by atoms with van der Waals surface area (Å²) >= 11 is 0. The average Bonchev–Trinajstić information content (AvgIpc) is 2.46. The second-order valence-electron chi connectivity index (χ2n) is 4.21. The van der Waals surface area contributed by atoms with E-state index in [-0.39, 0.29) is 44.7 Å². The van der Waals surface area contributed by atoms with Crippen LogP contribution in [0.15, 0.2) is 0 Å². The van der Waals surface area contributed by atoms with Gasteiger partial charge < -0.3 is 14.2 Å². The Morgan fingerprint density at radius 3 is 2.05 bits per heavy atom. The molecule has 124 valence electrons. The van der Waals surface area contributed by atoms with E-state index in [4.69, 9.17) is 4.74 Å². The van der Waals surface area contributed by atoms with Crippen LogP contribution in [-0.4, -0.2) is 71.4 Å². The molecule has 0 spiro atoms. The largest absolute Gasteiger partial charge is 0.469 e. The van der Waals surface area contributed by atoms with Crippen molar-refractivity contribution in [1.29, 1.82) is 0 Å². The first kappa shape index (κ1) is 19.8. The molecule has 0 heterocycles. The minimum Gasteiger partial charge on any atom is -0.469 e. The Morgan fingerprint density at radius 2 is 1.52 bits per heavy atom. The molecule has 0 fully saturated rings. The highest BCUT2D eigenvalue weighted by atomic mass is 32.2. The van der Waals surface area contributed by atoms with Crippen molar-refractivity contribution in [3.05, 3.63) is 0 Å². The predicted octanol–water partition coefficient (Wildman–Crippen LogP) is -0.219. The van der Waals surface area contributed by atoms with Crippen molar-refractivity contribution in [2.24, 2.45) is 0 Å². The van der Waals surface area contributed by atoms with Crippen molar-refractivity contribution >= 4 is 22.0 Å². The van der Waals surface area contributed by atoms with Gasteiger partial charge in [0.25, 0.3) is 0 Å². The van der Waals surface area contributed by atoms with Crippen LogP contribution in [0.25, 0.3) is 0 Å². The summed E-state index contributed by atoms with van der Waals surface area (Å²) in [5, 5.41) is 0. The lowest BCUT2D eigenvalue weighted by Gasteiger charge is -2.21. The van der Waals surface area contributed by atoms with E-state index in [1.165, 1.54) is 25.6 Å². The molecule has 0 atom stereocenters. The lowest BCUT2D eigenvalue weighted by atomic mass is 10.3. The number of sulfonamides is 1. The molecule has 0 aromatic heterocycles. The van der Waals surface area contributed by atoms with E-state index in [1.54, 1.807) is 0 Å². The quantitative estimate of drug-likeness (QED) is 0.484. The Kier molecular flexibility index (Phi) is 9.93. The Morgan fingerprint density at radius 1 is 0.952 bits per heavy atom. The van der Waals surface area contributed by atoms with E-state index in [1.807, 2.05) is 0 Å². The summed E-state index contributed by atoms with van der Waals surface area (Å²) in [6.07, 6.45) is 0.165. The molecular formula is C12H23NO7S. The minimum atomic E-state index is -3.56.